The Morgan fingerprint density at radius 3 is 2.19 bits per heavy atom. The number of carbonyl (C=O) groups excluding carboxylic acids is 1. The number of benzene rings is 2. The number of alkyl halides is 3. The van der Waals surface area contributed by atoms with Gasteiger partial charge in [-0.1, -0.05) is 6.07 Å². The summed E-state index contributed by atoms with van der Waals surface area (Å²) >= 11 is 0. The van der Waals surface area contributed by atoms with Crippen LogP contribution in [0.3, 0.4) is 0 Å². The lowest BCUT2D eigenvalue weighted by Crippen LogP contribution is -2.45. The third-order valence-electron chi connectivity index (χ3n) is 4.68. The number of anilines is 1. The predicted octanol–water partition coefficient (Wildman–Crippen LogP) is 4.29. The van der Waals surface area contributed by atoms with Gasteiger partial charge >= 0.3 is 6.36 Å². The van der Waals surface area contributed by atoms with Crippen molar-refractivity contribution in [1.29, 1.82) is 0 Å². The van der Waals surface area contributed by atoms with Crippen molar-refractivity contribution in [3.8, 4) is 17.2 Å². The van der Waals surface area contributed by atoms with E-state index in [0.29, 0.717) is 22.7 Å². The molecule has 0 saturated carbocycles. The van der Waals surface area contributed by atoms with Crippen molar-refractivity contribution in [2.45, 2.75) is 19.6 Å². The Hall–Kier alpha value is -2.98. The van der Waals surface area contributed by atoms with Crippen molar-refractivity contribution in [1.82, 2.24) is 0 Å². The second kappa shape index (κ2) is 9.03. The van der Waals surface area contributed by atoms with E-state index in [0.717, 1.165) is 12.1 Å². The first-order chi connectivity index (χ1) is 14.6. The minimum Gasteiger partial charge on any atom is -0.493 e. The van der Waals surface area contributed by atoms with Crippen LogP contribution < -0.4 is 19.5 Å². The number of hydrogen-bond donors (Lipinski definition) is 1. The maximum absolute atomic E-state index is 12.7. The molecule has 3 rings (SSSR count). The molecule has 1 aliphatic rings. The Bertz CT molecular complexity index is 908. The van der Waals surface area contributed by atoms with Crippen molar-refractivity contribution >= 4 is 11.6 Å². The van der Waals surface area contributed by atoms with E-state index >= 15 is 0 Å². The molecule has 0 spiro atoms. The highest BCUT2D eigenvalue weighted by molar-refractivity contribution is 5.95. The SMILES string of the molecule is COc1ccc(C2OCC(C)(C(=O)Nc3ccc(OC(F)(F)F)cc3)CO2)cc1OC. The Morgan fingerprint density at radius 2 is 1.65 bits per heavy atom. The molecule has 2 aromatic rings. The van der Waals surface area contributed by atoms with Crippen LogP contribution in [0.2, 0.25) is 0 Å². The smallest absolute Gasteiger partial charge is 0.493 e. The van der Waals surface area contributed by atoms with Gasteiger partial charge in [-0.05, 0) is 43.3 Å². The van der Waals surface area contributed by atoms with Gasteiger partial charge in [0, 0.05) is 11.3 Å². The van der Waals surface area contributed by atoms with Crippen LogP contribution in [-0.4, -0.2) is 39.7 Å². The van der Waals surface area contributed by atoms with E-state index in [1.807, 2.05) is 0 Å². The second-order valence-electron chi connectivity index (χ2n) is 7.16. The van der Waals surface area contributed by atoms with Gasteiger partial charge in [0.2, 0.25) is 5.91 Å². The molecule has 1 fully saturated rings. The minimum atomic E-state index is -4.78. The van der Waals surface area contributed by atoms with Gasteiger partial charge in [-0.25, -0.2) is 0 Å². The van der Waals surface area contributed by atoms with Crippen LogP contribution in [0, 0.1) is 5.41 Å². The zero-order valence-corrected chi connectivity index (χ0v) is 17.1. The van der Waals surface area contributed by atoms with Gasteiger partial charge in [0.15, 0.2) is 17.8 Å². The summed E-state index contributed by atoms with van der Waals surface area (Å²) in [6.07, 6.45) is -5.46. The van der Waals surface area contributed by atoms with Crippen LogP contribution in [0.5, 0.6) is 17.2 Å². The van der Waals surface area contributed by atoms with Gasteiger partial charge in [0.25, 0.3) is 0 Å². The summed E-state index contributed by atoms with van der Waals surface area (Å²) in [6.45, 7) is 1.83. The molecule has 2 aromatic carbocycles. The van der Waals surface area contributed by atoms with Gasteiger partial charge in [-0.3, -0.25) is 4.79 Å². The largest absolute Gasteiger partial charge is 0.573 e. The molecule has 1 heterocycles. The van der Waals surface area contributed by atoms with Gasteiger partial charge in [0.05, 0.1) is 32.8 Å². The molecule has 0 aliphatic carbocycles. The van der Waals surface area contributed by atoms with E-state index in [2.05, 4.69) is 10.1 Å². The lowest BCUT2D eigenvalue weighted by molar-refractivity contribution is -0.274. The normalized spacial score (nSPS) is 21.3. The molecule has 168 valence electrons. The summed E-state index contributed by atoms with van der Waals surface area (Å²) in [4.78, 5) is 12.7. The van der Waals surface area contributed by atoms with Crippen molar-refractivity contribution in [2.24, 2.45) is 5.41 Å². The Kier molecular flexibility index (Phi) is 6.61. The summed E-state index contributed by atoms with van der Waals surface area (Å²) in [6, 6.07) is 10.1. The summed E-state index contributed by atoms with van der Waals surface area (Å²) < 4.78 is 62.6. The molecular formula is C21H22F3NO6. The van der Waals surface area contributed by atoms with Crippen molar-refractivity contribution in [2.75, 3.05) is 32.8 Å². The molecule has 1 N–H and O–H groups in total. The lowest BCUT2D eigenvalue weighted by atomic mass is 9.90. The maximum atomic E-state index is 12.7. The number of hydrogen-bond acceptors (Lipinski definition) is 6. The molecule has 0 radical (unpaired) electrons. The molecule has 7 nitrogen and oxygen atoms in total. The fourth-order valence-electron chi connectivity index (χ4n) is 2.95. The highest BCUT2D eigenvalue weighted by Crippen LogP contribution is 2.36. The first kappa shape index (κ1) is 22.7. The molecule has 10 heteroatoms. The first-order valence-corrected chi connectivity index (χ1v) is 9.26. The third-order valence-corrected chi connectivity index (χ3v) is 4.68. The number of nitrogens with one attached hydrogen (secondary N) is 1. The Labute approximate surface area is 177 Å². The van der Waals surface area contributed by atoms with Crippen molar-refractivity contribution in [3.63, 3.8) is 0 Å². The number of amides is 1. The van der Waals surface area contributed by atoms with Crippen LogP contribution in [0.4, 0.5) is 18.9 Å². The molecule has 0 aromatic heterocycles. The summed E-state index contributed by atoms with van der Waals surface area (Å²) in [5.41, 5.74) is 0.0388. The average molecular weight is 441 g/mol. The number of rotatable bonds is 6. The molecule has 1 saturated heterocycles. The van der Waals surface area contributed by atoms with E-state index in [1.54, 1.807) is 25.1 Å². The summed E-state index contributed by atoms with van der Waals surface area (Å²) in [5, 5.41) is 2.66. The quantitative estimate of drug-likeness (QED) is 0.721. The van der Waals surface area contributed by atoms with E-state index in [9.17, 15) is 18.0 Å². The van der Waals surface area contributed by atoms with Gasteiger partial charge in [-0.15, -0.1) is 13.2 Å². The Balaban J connectivity index is 1.60. The number of methoxy groups -OCH3 is 2. The van der Waals surface area contributed by atoms with E-state index in [1.165, 1.54) is 26.4 Å². The predicted molar refractivity (Wildman–Crippen MR) is 104 cm³/mol. The number of halogens is 3. The second-order valence-corrected chi connectivity index (χ2v) is 7.16. The van der Waals surface area contributed by atoms with E-state index in [4.69, 9.17) is 18.9 Å². The van der Waals surface area contributed by atoms with Gasteiger partial charge in [0.1, 0.15) is 5.75 Å². The molecular weight excluding hydrogens is 419 g/mol. The van der Waals surface area contributed by atoms with Gasteiger partial charge in [-0.2, -0.15) is 0 Å². The van der Waals surface area contributed by atoms with Gasteiger partial charge < -0.3 is 29.0 Å². The third kappa shape index (κ3) is 5.59. The van der Waals surface area contributed by atoms with E-state index in [-0.39, 0.29) is 24.9 Å². The molecule has 1 aliphatic heterocycles. The molecule has 0 unspecified atom stereocenters. The summed E-state index contributed by atoms with van der Waals surface area (Å²) in [5.74, 6) is 0.329. The molecule has 1 amide bonds. The highest BCUT2D eigenvalue weighted by Gasteiger charge is 2.40. The standard InChI is InChI=1S/C21H22F3NO6/c1-20(19(26)25-14-5-7-15(8-6-14)31-21(22,23)24)11-29-18(30-12-20)13-4-9-16(27-2)17(10-13)28-3/h4-10,18H,11-12H2,1-3H3,(H,25,26). The minimum absolute atomic E-state index is 0.0765. The number of ether oxygens (including phenoxy) is 5. The van der Waals surface area contributed by atoms with Crippen LogP contribution in [0.1, 0.15) is 18.8 Å². The highest BCUT2D eigenvalue weighted by atomic mass is 19.4. The van der Waals surface area contributed by atoms with E-state index < -0.39 is 18.1 Å². The molecule has 0 atom stereocenters. The molecule has 31 heavy (non-hydrogen) atoms. The van der Waals surface area contributed by atoms with Crippen molar-refractivity contribution in [3.05, 3.63) is 48.0 Å². The number of carbonyl (C=O) groups is 1. The lowest BCUT2D eigenvalue weighted by Gasteiger charge is -2.36. The van der Waals surface area contributed by atoms with Crippen LogP contribution >= 0.6 is 0 Å². The fourth-order valence-corrected chi connectivity index (χ4v) is 2.95. The first-order valence-electron chi connectivity index (χ1n) is 9.26. The zero-order valence-electron chi connectivity index (χ0n) is 17.1. The average Bonchev–Trinajstić information content (AvgIpc) is 2.74. The van der Waals surface area contributed by atoms with Crippen molar-refractivity contribution < 1.29 is 41.7 Å². The monoisotopic (exact) mass is 441 g/mol. The summed E-state index contributed by atoms with van der Waals surface area (Å²) in [7, 11) is 3.06. The topological polar surface area (TPSA) is 75.3 Å². The van der Waals surface area contributed by atoms with Crippen LogP contribution in [0.15, 0.2) is 42.5 Å². The van der Waals surface area contributed by atoms with Crippen LogP contribution in [0.25, 0.3) is 0 Å². The zero-order chi connectivity index (χ0) is 22.6. The maximum Gasteiger partial charge on any atom is 0.573 e. The van der Waals surface area contributed by atoms with Crippen LogP contribution in [-0.2, 0) is 14.3 Å². The Morgan fingerprint density at radius 1 is 1.03 bits per heavy atom. The molecule has 0 bridgehead atoms. The fraction of sp³-hybridized carbons (Fsp3) is 0.381.